The Morgan fingerprint density at radius 3 is 2.59 bits per heavy atom. The number of pyridine rings is 1. The standard InChI is InChI=1S/C21H13ClF3N5O2/c22-18-17-19(28-11-27-18)32-8-7-30(20(17)31)13-1-3-15-12(9-13)5-6-29(15)14-2-4-16(26-10-14)21(23,24)25/h1-6,9-11H,7-8H2. The molecular weight excluding hydrogens is 447 g/mol. The third kappa shape index (κ3) is 3.42. The molecule has 0 fully saturated rings. The van der Waals surface area contributed by atoms with Crippen LogP contribution in [-0.4, -0.2) is 38.6 Å². The lowest BCUT2D eigenvalue weighted by atomic mass is 10.2. The quantitative estimate of drug-likeness (QED) is 0.412. The number of halogens is 4. The molecule has 32 heavy (non-hydrogen) atoms. The van der Waals surface area contributed by atoms with Crippen LogP contribution < -0.4 is 9.64 Å². The number of rotatable bonds is 2. The van der Waals surface area contributed by atoms with E-state index in [1.165, 1.54) is 23.5 Å². The van der Waals surface area contributed by atoms with Crippen LogP contribution in [0.2, 0.25) is 5.15 Å². The molecule has 1 aromatic carbocycles. The second kappa shape index (κ2) is 7.49. The van der Waals surface area contributed by atoms with Crippen molar-refractivity contribution in [2.45, 2.75) is 6.18 Å². The van der Waals surface area contributed by atoms with Crippen LogP contribution in [0.25, 0.3) is 16.6 Å². The molecule has 7 nitrogen and oxygen atoms in total. The number of fused-ring (bicyclic) bond motifs is 2. The van der Waals surface area contributed by atoms with E-state index in [1.807, 2.05) is 6.07 Å². The molecule has 11 heteroatoms. The Labute approximate surface area is 184 Å². The average Bonchev–Trinajstić information content (AvgIpc) is 3.11. The molecule has 1 amide bonds. The fraction of sp³-hybridized carbons (Fsp3) is 0.143. The lowest BCUT2D eigenvalue weighted by Crippen LogP contribution is -2.32. The van der Waals surface area contributed by atoms with Gasteiger partial charge in [-0.3, -0.25) is 4.79 Å². The summed E-state index contributed by atoms with van der Waals surface area (Å²) < 4.78 is 45.6. The zero-order valence-corrected chi connectivity index (χ0v) is 16.9. The van der Waals surface area contributed by atoms with Gasteiger partial charge in [0.15, 0.2) is 0 Å². The second-order valence-electron chi connectivity index (χ2n) is 6.98. The first-order valence-corrected chi connectivity index (χ1v) is 9.80. The lowest BCUT2D eigenvalue weighted by molar-refractivity contribution is -0.141. The average molecular weight is 460 g/mol. The number of ether oxygens (including phenoxy) is 1. The van der Waals surface area contributed by atoms with Crippen molar-refractivity contribution in [2.75, 3.05) is 18.1 Å². The molecule has 0 saturated carbocycles. The molecule has 0 spiro atoms. The number of amides is 1. The molecule has 4 heterocycles. The van der Waals surface area contributed by atoms with E-state index in [-0.39, 0.29) is 35.7 Å². The maximum absolute atomic E-state index is 13.1. The van der Waals surface area contributed by atoms with Crippen LogP contribution in [0.4, 0.5) is 18.9 Å². The minimum absolute atomic E-state index is 0.00827. The summed E-state index contributed by atoms with van der Waals surface area (Å²) in [6, 6.07) is 9.44. The van der Waals surface area contributed by atoms with Crippen molar-refractivity contribution in [3.63, 3.8) is 0 Å². The number of aromatic nitrogens is 4. The number of alkyl halides is 3. The van der Waals surface area contributed by atoms with Gasteiger partial charge in [0.1, 0.15) is 29.3 Å². The molecule has 0 bridgehead atoms. The molecule has 5 rings (SSSR count). The summed E-state index contributed by atoms with van der Waals surface area (Å²) in [6.45, 7) is 0.503. The minimum Gasteiger partial charge on any atom is -0.475 e. The van der Waals surface area contributed by atoms with Crippen LogP contribution in [0.5, 0.6) is 5.88 Å². The van der Waals surface area contributed by atoms with Crippen LogP contribution in [0, 0.1) is 0 Å². The van der Waals surface area contributed by atoms with E-state index in [1.54, 1.807) is 29.0 Å². The Kier molecular flexibility index (Phi) is 4.74. The highest BCUT2D eigenvalue weighted by Gasteiger charge is 2.32. The third-order valence-corrected chi connectivity index (χ3v) is 5.37. The van der Waals surface area contributed by atoms with Gasteiger partial charge in [-0.05, 0) is 36.4 Å². The van der Waals surface area contributed by atoms with E-state index in [4.69, 9.17) is 16.3 Å². The van der Waals surface area contributed by atoms with Gasteiger partial charge in [0.05, 0.1) is 23.9 Å². The molecule has 0 N–H and O–H groups in total. The molecule has 0 atom stereocenters. The fourth-order valence-corrected chi connectivity index (χ4v) is 3.78. The summed E-state index contributed by atoms with van der Waals surface area (Å²) in [6.07, 6.45) is -0.367. The van der Waals surface area contributed by atoms with Crippen molar-refractivity contribution in [3.8, 4) is 11.6 Å². The van der Waals surface area contributed by atoms with Crippen molar-refractivity contribution in [1.82, 2.24) is 19.5 Å². The highest BCUT2D eigenvalue weighted by Crippen LogP contribution is 2.32. The summed E-state index contributed by atoms with van der Waals surface area (Å²) in [4.78, 5) is 26.0. The lowest BCUT2D eigenvalue weighted by Gasteiger charge is -2.20. The Morgan fingerprint density at radius 1 is 1.03 bits per heavy atom. The third-order valence-electron chi connectivity index (χ3n) is 5.08. The number of hydrogen-bond donors (Lipinski definition) is 0. The summed E-state index contributed by atoms with van der Waals surface area (Å²) >= 11 is 6.11. The highest BCUT2D eigenvalue weighted by atomic mass is 35.5. The predicted octanol–water partition coefficient (Wildman–Crippen LogP) is 4.53. The smallest absolute Gasteiger partial charge is 0.433 e. The van der Waals surface area contributed by atoms with Crippen molar-refractivity contribution in [1.29, 1.82) is 0 Å². The van der Waals surface area contributed by atoms with Crippen LogP contribution in [-0.2, 0) is 6.18 Å². The van der Waals surface area contributed by atoms with Gasteiger partial charge in [-0.25, -0.2) is 15.0 Å². The van der Waals surface area contributed by atoms with E-state index < -0.39 is 11.9 Å². The Balaban J connectivity index is 1.50. The molecule has 0 unspecified atom stereocenters. The van der Waals surface area contributed by atoms with E-state index in [2.05, 4.69) is 15.0 Å². The molecule has 0 saturated heterocycles. The Bertz CT molecular complexity index is 1340. The van der Waals surface area contributed by atoms with E-state index in [9.17, 15) is 18.0 Å². The molecule has 1 aliphatic heterocycles. The van der Waals surface area contributed by atoms with Crippen LogP contribution in [0.1, 0.15) is 16.1 Å². The molecule has 0 aliphatic carbocycles. The highest BCUT2D eigenvalue weighted by molar-refractivity contribution is 6.33. The van der Waals surface area contributed by atoms with Gasteiger partial charge < -0.3 is 14.2 Å². The molecule has 4 aromatic rings. The summed E-state index contributed by atoms with van der Waals surface area (Å²) in [5.41, 5.74) is 0.987. The maximum atomic E-state index is 13.1. The number of carbonyl (C=O) groups excluding carboxylic acids is 1. The molecule has 3 aromatic heterocycles. The van der Waals surface area contributed by atoms with E-state index in [0.717, 1.165) is 17.0 Å². The van der Waals surface area contributed by atoms with Crippen molar-refractivity contribution >= 4 is 34.1 Å². The number of nitrogens with zero attached hydrogens (tertiary/aromatic N) is 5. The van der Waals surface area contributed by atoms with Gasteiger partial charge >= 0.3 is 6.18 Å². The van der Waals surface area contributed by atoms with Gasteiger partial charge in [0, 0.05) is 17.3 Å². The fourth-order valence-electron chi connectivity index (χ4n) is 3.57. The van der Waals surface area contributed by atoms with E-state index >= 15 is 0 Å². The second-order valence-corrected chi connectivity index (χ2v) is 7.34. The van der Waals surface area contributed by atoms with Gasteiger partial charge in [0.25, 0.3) is 5.91 Å². The zero-order chi connectivity index (χ0) is 22.5. The number of hydrogen-bond acceptors (Lipinski definition) is 5. The van der Waals surface area contributed by atoms with Crippen LogP contribution >= 0.6 is 11.6 Å². The molecule has 0 radical (unpaired) electrons. The normalized spacial score (nSPS) is 14.2. The Hall–Kier alpha value is -3.66. The summed E-state index contributed by atoms with van der Waals surface area (Å²) in [5.74, 6) is -0.242. The number of carbonyl (C=O) groups is 1. The van der Waals surface area contributed by atoms with Crippen LogP contribution in [0.3, 0.4) is 0 Å². The van der Waals surface area contributed by atoms with Gasteiger partial charge in [-0.1, -0.05) is 11.6 Å². The predicted molar refractivity (Wildman–Crippen MR) is 110 cm³/mol. The largest absolute Gasteiger partial charge is 0.475 e. The minimum atomic E-state index is -4.50. The number of benzene rings is 1. The summed E-state index contributed by atoms with van der Waals surface area (Å²) in [7, 11) is 0. The zero-order valence-electron chi connectivity index (χ0n) is 16.2. The van der Waals surface area contributed by atoms with Crippen molar-refractivity contribution in [3.05, 3.63) is 71.5 Å². The SMILES string of the molecule is O=C1c2c(Cl)ncnc2OCCN1c1ccc2c(ccn2-c2ccc(C(F)(F)F)nc2)c1. The monoisotopic (exact) mass is 459 g/mol. The first kappa shape index (κ1) is 20.3. The molecule has 1 aliphatic rings. The topological polar surface area (TPSA) is 73.1 Å². The van der Waals surface area contributed by atoms with Crippen molar-refractivity contribution in [2.24, 2.45) is 0 Å². The van der Waals surface area contributed by atoms with Crippen molar-refractivity contribution < 1.29 is 22.7 Å². The first-order chi connectivity index (χ1) is 15.3. The number of anilines is 1. The van der Waals surface area contributed by atoms with Gasteiger partial charge in [-0.15, -0.1) is 0 Å². The molecular formula is C21H13ClF3N5O2. The van der Waals surface area contributed by atoms with Gasteiger partial charge in [-0.2, -0.15) is 13.2 Å². The van der Waals surface area contributed by atoms with Gasteiger partial charge in [0.2, 0.25) is 5.88 Å². The Morgan fingerprint density at radius 2 is 1.84 bits per heavy atom. The van der Waals surface area contributed by atoms with E-state index in [0.29, 0.717) is 11.4 Å². The molecule has 162 valence electrons. The first-order valence-electron chi connectivity index (χ1n) is 9.43. The summed E-state index contributed by atoms with van der Waals surface area (Å²) in [5, 5.41) is 0.796. The van der Waals surface area contributed by atoms with Crippen LogP contribution in [0.15, 0.2) is 55.1 Å². The maximum Gasteiger partial charge on any atom is 0.433 e.